The summed E-state index contributed by atoms with van der Waals surface area (Å²) in [7, 11) is 2.87. The number of alkyl halides is 2. The lowest BCUT2D eigenvalue weighted by Gasteiger charge is -2.16. The first kappa shape index (κ1) is 19.5. The van der Waals surface area contributed by atoms with Gasteiger partial charge in [0.05, 0.1) is 13.0 Å². The monoisotopic (exact) mass is 373 g/mol. The summed E-state index contributed by atoms with van der Waals surface area (Å²) in [5.74, 6) is 0.444. The molecule has 1 aliphatic rings. The largest absolute Gasteiger partial charge is 0.469 e. The minimum atomic E-state index is -2.97. The predicted molar refractivity (Wildman–Crippen MR) is 88.6 cm³/mol. The number of carbonyl (C=O) groups excluding carboxylic acids is 1. The number of halogens is 2. The Balaban J connectivity index is 2.01. The highest BCUT2D eigenvalue weighted by molar-refractivity contribution is 5.80. The lowest BCUT2D eigenvalue weighted by Crippen LogP contribution is -2.40. The molecule has 0 aliphatic carbocycles. The van der Waals surface area contributed by atoms with Crippen molar-refractivity contribution in [1.82, 2.24) is 10.6 Å². The van der Waals surface area contributed by atoms with Crippen LogP contribution < -0.4 is 24.8 Å². The molecule has 10 heteroatoms. The normalized spacial score (nSPS) is 14.2. The minimum absolute atomic E-state index is 0.0184. The maximum atomic E-state index is 12.6. The summed E-state index contributed by atoms with van der Waals surface area (Å²) >= 11 is 0. The van der Waals surface area contributed by atoms with E-state index in [0.717, 1.165) is 0 Å². The molecule has 0 spiro atoms. The minimum Gasteiger partial charge on any atom is -0.469 e. The van der Waals surface area contributed by atoms with E-state index in [1.807, 2.05) is 0 Å². The van der Waals surface area contributed by atoms with Crippen LogP contribution in [0.4, 0.5) is 8.78 Å². The molecule has 1 aromatic carbocycles. The first-order valence-electron chi connectivity index (χ1n) is 7.84. The summed E-state index contributed by atoms with van der Waals surface area (Å²) in [6, 6.07) is 2.93. The van der Waals surface area contributed by atoms with E-state index < -0.39 is 6.61 Å². The van der Waals surface area contributed by atoms with E-state index in [-0.39, 0.29) is 31.0 Å². The van der Waals surface area contributed by atoms with Crippen molar-refractivity contribution in [2.24, 2.45) is 10.9 Å². The number of benzene rings is 1. The summed E-state index contributed by atoms with van der Waals surface area (Å²) in [5, 5.41) is 5.93. The Bertz CT molecular complexity index is 670. The highest BCUT2D eigenvalue weighted by Gasteiger charge is 2.20. The van der Waals surface area contributed by atoms with Gasteiger partial charge >= 0.3 is 12.6 Å². The van der Waals surface area contributed by atoms with Crippen LogP contribution in [0.5, 0.6) is 17.2 Å². The van der Waals surface area contributed by atoms with Crippen LogP contribution in [0.15, 0.2) is 17.1 Å². The highest BCUT2D eigenvalue weighted by atomic mass is 19.3. The Kier molecular flexibility index (Phi) is 6.81. The van der Waals surface area contributed by atoms with Gasteiger partial charge in [-0.2, -0.15) is 8.78 Å². The smallest absolute Gasteiger partial charge is 0.387 e. The number of ether oxygens (including phenoxy) is 4. The van der Waals surface area contributed by atoms with Gasteiger partial charge in [0.1, 0.15) is 5.75 Å². The third-order valence-corrected chi connectivity index (χ3v) is 3.62. The molecule has 2 N–H and O–H groups in total. The van der Waals surface area contributed by atoms with Gasteiger partial charge < -0.3 is 29.6 Å². The van der Waals surface area contributed by atoms with Crippen molar-refractivity contribution < 1.29 is 32.5 Å². The lowest BCUT2D eigenvalue weighted by molar-refractivity contribution is -0.144. The second-order valence-electron chi connectivity index (χ2n) is 5.42. The lowest BCUT2D eigenvalue weighted by atomic mass is 10.1. The molecule has 1 atom stereocenters. The van der Waals surface area contributed by atoms with Crippen LogP contribution in [-0.4, -0.2) is 46.0 Å². The molecule has 0 radical (unpaired) electrons. The molecular weight excluding hydrogens is 352 g/mol. The van der Waals surface area contributed by atoms with E-state index in [4.69, 9.17) is 9.47 Å². The van der Waals surface area contributed by atoms with Gasteiger partial charge in [0.15, 0.2) is 17.5 Å². The summed E-state index contributed by atoms with van der Waals surface area (Å²) < 4.78 is 44.9. The van der Waals surface area contributed by atoms with E-state index in [0.29, 0.717) is 29.6 Å². The van der Waals surface area contributed by atoms with Crippen molar-refractivity contribution in [3.8, 4) is 17.2 Å². The first-order chi connectivity index (χ1) is 12.4. The van der Waals surface area contributed by atoms with Crippen molar-refractivity contribution in [1.29, 1.82) is 0 Å². The van der Waals surface area contributed by atoms with Crippen LogP contribution in [0.1, 0.15) is 12.5 Å². The zero-order chi connectivity index (χ0) is 19.1. The second kappa shape index (κ2) is 9.07. The molecule has 1 aromatic rings. The van der Waals surface area contributed by atoms with Crippen LogP contribution >= 0.6 is 0 Å². The first-order valence-corrected chi connectivity index (χ1v) is 7.84. The number of aliphatic imine (C=N–C) groups is 1. The fourth-order valence-corrected chi connectivity index (χ4v) is 2.24. The van der Waals surface area contributed by atoms with Crippen molar-refractivity contribution in [3.63, 3.8) is 0 Å². The van der Waals surface area contributed by atoms with Gasteiger partial charge in [-0.05, 0) is 6.07 Å². The summed E-state index contributed by atoms with van der Waals surface area (Å²) in [6.07, 6.45) is 0. The zero-order valence-electron chi connectivity index (χ0n) is 14.7. The van der Waals surface area contributed by atoms with E-state index in [1.54, 1.807) is 20.0 Å². The predicted octanol–water partition coefficient (Wildman–Crippen LogP) is 1.49. The SMILES string of the molecule is CN=C(NCc1cc2c(cc1OC(F)F)OCO2)NCC(C)C(=O)OC. The number of hydrogen-bond donors (Lipinski definition) is 2. The summed E-state index contributed by atoms with van der Waals surface area (Å²) in [5.41, 5.74) is 0.443. The van der Waals surface area contributed by atoms with Gasteiger partial charge in [-0.25, -0.2) is 0 Å². The fraction of sp³-hybridized carbons (Fsp3) is 0.500. The molecule has 1 unspecified atom stereocenters. The van der Waals surface area contributed by atoms with Gasteiger partial charge in [-0.3, -0.25) is 9.79 Å². The third-order valence-electron chi connectivity index (χ3n) is 3.62. The Morgan fingerprint density at radius 1 is 1.31 bits per heavy atom. The van der Waals surface area contributed by atoms with Crippen molar-refractivity contribution in [2.45, 2.75) is 20.1 Å². The Labute approximate surface area is 149 Å². The molecule has 2 rings (SSSR count). The number of hydrogen-bond acceptors (Lipinski definition) is 6. The quantitative estimate of drug-likeness (QED) is 0.425. The number of rotatable bonds is 7. The summed E-state index contributed by atoms with van der Waals surface area (Å²) in [6.45, 7) is -0.792. The average Bonchev–Trinajstić information content (AvgIpc) is 3.07. The van der Waals surface area contributed by atoms with Gasteiger partial charge in [0.2, 0.25) is 6.79 Å². The van der Waals surface area contributed by atoms with Crippen molar-refractivity contribution >= 4 is 11.9 Å². The highest BCUT2D eigenvalue weighted by Crippen LogP contribution is 2.38. The maximum absolute atomic E-state index is 12.6. The number of guanidine groups is 1. The number of fused-ring (bicyclic) bond motifs is 1. The molecule has 8 nitrogen and oxygen atoms in total. The van der Waals surface area contributed by atoms with Crippen LogP contribution in [0.3, 0.4) is 0 Å². The maximum Gasteiger partial charge on any atom is 0.387 e. The molecule has 0 aromatic heterocycles. The number of carbonyl (C=O) groups is 1. The number of nitrogens with one attached hydrogen (secondary N) is 2. The zero-order valence-corrected chi connectivity index (χ0v) is 14.7. The fourth-order valence-electron chi connectivity index (χ4n) is 2.24. The number of esters is 1. The molecular formula is C16H21F2N3O5. The van der Waals surface area contributed by atoms with Crippen LogP contribution in [0.25, 0.3) is 0 Å². The Hall–Kier alpha value is -2.78. The molecule has 0 saturated heterocycles. The van der Waals surface area contributed by atoms with Crippen LogP contribution in [-0.2, 0) is 16.1 Å². The number of nitrogens with zero attached hydrogens (tertiary/aromatic N) is 1. The van der Waals surface area contributed by atoms with E-state index in [2.05, 4.69) is 25.1 Å². The average molecular weight is 373 g/mol. The standard InChI is InChI=1S/C16H21F2N3O5/c1-9(14(22)23-3)6-20-16(19-2)21-7-10-4-12-13(25-8-24-12)5-11(10)26-15(17)18/h4-5,9,15H,6-8H2,1-3H3,(H2,19,20,21). The molecule has 1 aliphatic heterocycles. The summed E-state index contributed by atoms with van der Waals surface area (Å²) in [4.78, 5) is 15.4. The Morgan fingerprint density at radius 3 is 2.62 bits per heavy atom. The van der Waals surface area contributed by atoms with Crippen molar-refractivity contribution in [2.75, 3.05) is 27.5 Å². The van der Waals surface area contributed by atoms with E-state index >= 15 is 0 Å². The number of methoxy groups -OCH3 is 1. The topological polar surface area (TPSA) is 90.4 Å². The molecule has 0 amide bonds. The molecule has 1 heterocycles. The molecule has 26 heavy (non-hydrogen) atoms. The second-order valence-corrected chi connectivity index (χ2v) is 5.42. The third kappa shape index (κ3) is 5.11. The van der Waals surface area contributed by atoms with E-state index in [1.165, 1.54) is 13.2 Å². The van der Waals surface area contributed by atoms with Gasteiger partial charge in [-0.1, -0.05) is 6.92 Å². The molecule has 0 fully saturated rings. The van der Waals surface area contributed by atoms with Gasteiger partial charge in [-0.15, -0.1) is 0 Å². The molecule has 0 bridgehead atoms. The van der Waals surface area contributed by atoms with Crippen molar-refractivity contribution in [3.05, 3.63) is 17.7 Å². The van der Waals surface area contributed by atoms with Crippen LogP contribution in [0, 0.1) is 5.92 Å². The van der Waals surface area contributed by atoms with E-state index in [9.17, 15) is 13.6 Å². The van der Waals surface area contributed by atoms with Gasteiger partial charge in [0.25, 0.3) is 0 Å². The van der Waals surface area contributed by atoms with Crippen LogP contribution in [0.2, 0.25) is 0 Å². The van der Waals surface area contributed by atoms with Gasteiger partial charge in [0, 0.05) is 31.8 Å². The molecule has 144 valence electrons. The molecule has 0 saturated carbocycles. The Morgan fingerprint density at radius 2 is 2.00 bits per heavy atom.